The first-order chi connectivity index (χ1) is 10.0. The lowest BCUT2D eigenvalue weighted by Gasteiger charge is -2.32. The zero-order chi connectivity index (χ0) is 14.9. The maximum absolute atomic E-state index is 5.11. The van der Waals surface area contributed by atoms with Gasteiger partial charge in [0.1, 0.15) is 5.01 Å². The van der Waals surface area contributed by atoms with Crippen molar-refractivity contribution in [2.24, 2.45) is 5.41 Å². The number of aryl methyl sites for hydroxylation is 2. The van der Waals surface area contributed by atoms with Crippen molar-refractivity contribution < 1.29 is 0 Å². The Morgan fingerprint density at radius 3 is 2.62 bits per heavy atom. The first kappa shape index (κ1) is 15.5. The Kier molecular flexibility index (Phi) is 4.42. The second-order valence-corrected chi connectivity index (χ2v) is 8.81. The molecule has 0 bridgehead atoms. The van der Waals surface area contributed by atoms with Gasteiger partial charge >= 0.3 is 0 Å². The van der Waals surface area contributed by atoms with Gasteiger partial charge in [-0.25, -0.2) is 4.98 Å². The Morgan fingerprint density at radius 1 is 1.05 bits per heavy atom. The van der Waals surface area contributed by atoms with Crippen LogP contribution in [0.2, 0.25) is 0 Å². The van der Waals surface area contributed by atoms with Crippen LogP contribution in [-0.2, 0) is 18.4 Å². The minimum atomic E-state index is 0.157. The molecule has 0 aliphatic heterocycles. The third-order valence-corrected chi connectivity index (χ3v) is 6.82. The number of aromatic nitrogens is 1. The van der Waals surface area contributed by atoms with Crippen molar-refractivity contribution in [1.29, 1.82) is 0 Å². The topological polar surface area (TPSA) is 24.9 Å². The second kappa shape index (κ2) is 6.00. The van der Waals surface area contributed by atoms with Gasteiger partial charge < -0.3 is 5.32 Å². The Bertz CT molecular complexity index is 468. The van der Waals surface area contributed by atoms with Crippen LogP contribution in [0.1, 0.15) is 81.3 Å². The van der Waals surface area contributed by atoms with Crippen LogP contribution < -0.4 is 5.32 Å². The summed E-state index contributed by atoms with van der Waals surface area (Å²) in [5, 5.41) is 5.25. The van der Waals surface area contributed by atoms with Crippen LogP contribution in [0.25, 0.3) is 0 Å². The number of rotatable bonds is 3. The van der Waals surface area contributed by atoms with Gasteiger partial charge in [-0.1, -0.05) is 27.2 Å². The van der Waals surface area contributed by atoms with E-state index in [4.69, 9.17) is 4.98 Å². The summed E-state index contributed by atoms with van der Waals surface area (Å²) in [4.78, 5) is 6.69. The van der Waals surface area contributed by atoms with E-state index in [1.807, 2.05) is 11.3 Å². The molecule has 3 heteroatoms. The zero-order valence-electron chi connectivity index (χ0n) is 13.9. The van der Waals surface area contributed by atoms with Gasteiger partial charge in [-0.2, -0.15) is 0 Å². The van der Waals surface area contributed by atoms with Crippen molar-refractivity contribution in [3.05, 3.63) is 15.6 Å². The number of nitrogens with zero attached hydrogens (tertiary/aromatic N) is 1. The highest BCUT2D eigenvalue weighted by atomic mass is 32.1. The molecule has 0 saturated heterocycles. The van der Waals surface area contributed by atoms with E-state index < -0.39 is 0 Å². The van der Waals surface area contributed by atoms with E-state index in [-0.39, 0.29) is 5.54 Å². The van der Waals surface area contributed by atoms with Crippen molar-refractivity contribution in [2.45, 2.75) is 84.1 Å². The standard InChI is InChI=1S/C18H30N2S/c1-4-19-18(11-7-10-17(2,3)12-13-18)16-20-14-8-5-6-9-15(14)21-16/h19H,4-13H2,1-3H3. The molecule has 1 aromatic rings. The molecule has 1 atom stereocenters. The maximum Gasteiger partial charge on any atom is 0.113 e. The molecule has 2 aliphatic rings. The quantitative estimate of drug-likeness (QED) is 0.810. The molecule has 3 rings (SSSR count). The van der Waals surface area contributed by atoms with Gasteiger partial charge in [-0.05, 0) is 63.3 Å². The summed E-state index contributed by atoms with van der Waals surface area (Å²) in [7, 11) is 0. The first-order valence-electron chi connectivity index (χ1n) is 8.79. The van der Waals surface area contributed by atoms with E-state index >= 15 is 0 Å². The van der Waals surface area contributed by atoms with E-state index in [1.54, 1.807) is 4.88 Å². The van der Waals surface area contributed by atoms with E-state index in [9.17, 15) is 0 Å². The van der Waals surface area contributed by atoms with Crippen molar-refractivity contribution in [3.8, 4) is 0 Å². The molecule has 0 aromatic carbocycles. The van der Waals surface area contributed by atoms with Gasteiger partial charge in [0.15, 0.2) is 0 Å². The molecule has 1 N–H and O–H groups in total. The van der Waals surface area contributed by atoms with Crippen LogP contribution in [0.5, 0.6) is 0 Å². The van der Waals surface area contributed by atoms with E-state index in [0.29, 0.717) is 5.41 Å². The highest BCUT2D eigenvalue weighted by molar-refractivity contribution is 7.11. The normalized spacial score (nSPS) is 28.9. The molecule has 118 valence electrons. The summed E-state index contributed by atoms with van der Waals surface area (Å²) < 4.78 is 0. The summed E-state index contributed by atoms with van der Waals surface area (Å²) in [5.41, 5.74) is 2.07. The molecule has 0 spiro atoms. The number of nitrogens with one attached hydrogen (secondary N) is 1. The fourth-order valence-corrected chi connectivity index (χ4v) is 5.40. The average molecular weight is 307 g/mol. The van der Waals surface area contributed by atoms with E-state index in [1.165, 1.54) is 68.5 Å². The minimum Gasteiger partial charge on any atom is -0.306 e. The van der Waals surface area contributed by atoms with Crippen LogP contribution in [0.15, 0.2) is 0 Å². The van der Waals surface area contributed by atoms with Crippen LogP contribution in [0.3, 0.4) is 0 Å². The number of hydrogen-bond acceptors (Lipinski definition) is 3. The third kappa shape index (κ3) is 3.19. The van der Waals surface area contributed by atoms with Gasteiger partial charge in [0, 0.05) is 4.88 Å². The Balaban J connectivity index is 1.91. The molecule has 2 aliphatic carbocycles. The van der Waals surface area contributed by atoms with Gasteiger partial charge in [-0.15, -0.1) is 11.3 Å². The number of thiazole rings is 1. The smallest absolute Gasteiger partial charge is 0.113 e. The molecule has 1 heterocycles. The highest BCUT2D eigenvalue weighted by Crippen LogP contribution is 2.45. The molecule has 1 saturated carbocycles. The lowest BCUT2D eigenvalue weighted by atomic mass is 9.83. The zero-order valence-corrected chi connectivity index (χ0v) is 14.7. The van der Waals surface area contributed by atoms with E-state index in [2.05, 4.69) is 26.1 Å². The van der Waals surface area contributed by atoms with Crippen molar-refractivity contribution >= 4 is 11.3 Å². The molecule has 0 amide bonds. The Labute approximate surface area is 133 Å². The van der Waals surface area contributed by atoms with Crippen LogP contribution >= 0.6 is 11.3 Å². The lowest BCUT2D eigenvalue weighted by Crippen LogP contribution is -2.42. The fraction of sp³-hybridized carbons (Fsp3) is 0.833. The van der Waals surface area contributed by atoms with Crippen molar-refractivity contribution in [2.75, 3.05) is 6.54 Å². The molecule has 1 unspecified atom stereocenters. The minimum absolute atomic E-state index is 0.157. The van der Waals surface area contributed by atoms with Crippen molar-refractivity contribution in [3.63, 3.8) is 0 Å². The maximum atomic E-state index is 5.11. The number of hydrogen-bond donors (Lipinski definition) is 1. The molecule has 1 aromatic heterocycles. The SMILES string of the molecule is CCNC1(c2nc3c(s2)CCCC3)CCCC(C)(C)CC1. The molecule has 1 fully saturated rings. The summed E-state index contributed by atoms with van der Waals surface area (Å²) in [6.45, 7) is 8.15. The third-order valence-electron chi connectivity index (χ3n) is 5.46. The van der Waals surface area contributed by atoms with Gasteiger partial charge in [0.25, 0.3) is 0 Å². The van der Waals surface area contributed by atoms with Gasteiger partial charge in [-0.3, -0.25) is 0 Å². The molecular formula is C18H30N2S. The summed E-state index contributed by atoms with van der Waals surface area (Å²) in [6, 6.07) is 0. The molecular weight excluding hydrogens is 276 g/mol. The Hall–Kier alpha value is -0.410. The van der Waals surface area contributed by atoms with Gasteiger partial charge in [0.2, 0.25) is 0 Å². The summed E-state index contributed by atoms with van der Waals surface area (Å²) in [6.07, 6.45) is 11.7. The van der Waals surface area contributed by atoms with Crippen molar-refractivity contribution in [1.82, 2.24) is 10.3 Å². The molecule has 0 radical (unpaired) electrons. The summed E-state index contributed by atoms with van der Waals surface area (Å²) >= 11 is 2.02. The molecule has 2 nitrogen and oxygen atoms in total. The van der Waals surface area contributed by atoms with Gasteiger partial charge in [0.05, 0.1) is 11.2 Å². The van der Waals surface area contributed by atoms with Crippen LogP contribution in [-0.4, -0.2) is 11.5 Å². The monoisotopic (exact) mass is 306 g/mol. The average Bonchev–Trinajstić information content (AvgIpc) is 2.82. The fourth-order valence-electron chi connectivity index (χ4n) is 4.03. The Morgan fingerprint density at radius 2 is 1.86 bits per heavy atom. The van der Waals surface area contributed by atoms with E-state index in [0.717, 1.165) is 6.54 Å². The predicted octanol–water partition coefficient (Wildman–Crippen LogP) is 4.82. The number of fused-ring (bicyclic) bond motifs is 1. The lowest BCUT2D eigenvalue weighted by molar-refractivity contribution is 0.267. The summed E-state index contributed by atoms with van der Waals surface area (Å²) in [5.74, 6) is 0. The van der Waals surface area contributed by atoms with Crippen LogP contribution in [0, 0.1) is 5.41 Å². The highest BCUT2D eigenvalue weighted by Gasteiger charge is 2.39. The largest absolute Gasteiger partial charge is 0.306 e. The second-order valence-electron chi connectivity index (χ2n) is 7.73. The van der Waals surface area contributed by atoms with Crippen LogP contribution in [0.4, 0.5) is 0 Å². The predicted molar refractivity (Wildman–Crippen MR) is 91.0 cm³/mol. The molecule has 21 heavy (non-hydrogen) atoms. The first-order valence-corrected chi connectivity index (χ1v) is 9.60.